The Balaban J connectivity index is 2.18. The van der Waals surface area contributed by atoms with Gasteiger partial charge in [0.1, 0.15) is 22.6 Å². The van der Waals surface area contributed by atoms with Gasteiger partial charge in [-0.2, -0.15) is 0 Å². The largest absolute Gasteiger partial charge is 0.495 e. The minimum atomic E-state index is -0.338. The zero-order chi connectivity index (χ0) is 19.1. The van der Waals surface area contributed by atoms with Crippen LogP contribution in [-0.4, -0.2) is 39.8 Å². The third-order valence-corrected chi connectivity index (χ3v) is 4.17. The van der Waals surface area contributed by atoms with Gasteiger partial charge in [0.2, 0.25) is 5.91 Å². The molecule has 8 heteroatoms. The van der Waals surface area contributed by atoms with Crippen molar-refractivity contribution in [3.63, 3.8) is 0 Å². The summed E-state index contributed by atoms with van der Waals surface area (Å²) in [6.07, 6.45) is 0. The molecule has 0 aliphatic rings. The number of carbonyl (C=O) groups is 2. The second-order valence-electron chi connectivity index (χ2n) is 5.21. The van der Waals surface area contributed by atoms with Crippen LogP contribution in [0.15, 0.2) is 40.9 Å². The molecule has 0 bridgehead atoms. The number of anilines is 2. The van der Waals surface area contributed by atoms with Crippen molar-refractivity contribution in [3.05, 3.63) is 46.4 Å². The molecule has 0 aromatic heterocycles. The highest BCUT2D eigenvalue weighted by atomic mass is 79.9. The fourth-order valence-electron chi connectivity index (χ4n) is 2.21. The van der Waals surface area contributed by atoms with Gasteiger partial charge in [-0.05, 0) is 46.3 Å². The summed E-state index contributed by atoms with van der Waals surface area (Å²) in [6, 6.07) is 10.0. The number of rotatable bonds is 7. The maximum absolute atomic E-state index is 12.6. The van der Waals surface area contributed by atoms with Gasteiger partial charge in [-0.15, -0.1) is 0 Å². The zero-order valence-electron chi connectivity index (χ0n) is 14.6. The van der Waals surface area contributed by atoms with E-state index in [-0.39, 0.29) is 18.4 Å². The molecule has 0 aliphatic heterocycles. The van der Waals surface area contributed by atoms with Crippen molar-refractivity contribution < 1.29 is 23.8 Å². The summed E-state index contributed by atoms with van der Waals surface area (Å²) >= 11 is 3.36. The molecular weight excluding hydrogens is 404 g/mol. The monoisotopic (exact) mass is 422 g/mol. The van der Waals surface area contributed by atoms with Gasteiger partial charge in [0, 0.05) is 24.0 Å². The Hall–Kier alpha value is -2.58. The van der Waals surface area contributed by atoms with E-state index in [1.807, 2.05) is 0 Å². The van der Waals surface area contributed by atoms with Gasteiger partial charge in [0.15, 0.2) is 0 Å². The number of halogens is 1. The Bertz CT molecular complexity index is 785. The number of hydrogen-bond acceptors (Lipinski definition) is 5. The molecule has 2 aromatic carbocycles. The predicted octanol–water partition coefficient (Wildman–Crippen LogP) is 3.30. The van der Waals surface area contributed by atoms with Gasteiger partial charge in [-0.1, -0.05) is 6.07 Å². The molecule has 138 valence electrons. The Morgan fingerprint density at radius 3 is 2.08 bits per heavy atom. The normalized spacial score (nSPS) is 10.2. The van der Waals surface area contributed by atoms with Gasteiger partial charge >= 0.3 is 0 Å². The molecule has 0 unspecified atom stereocenters. The van der Waals surface area contributed by atoms with Crippen LogP contribution in [0.25, 0.3) is 0 Å². The molecule has 0 saturated carbocycles. The Kier molecular flexibility index (Phi) is 6.99. The van der Waals surface area contributed by atoms with Gasteiger partial charge in [-0.3, -0.25) is 9.59 Å². The van der Waals surface area contributed by atoms with E-state index < -0.39 is 0 Å². The van der Waals surface area contributed by atoms with E-state index in [9.17, 15) is 9.59 Å². The average molecular weight is 423 g/mol. The summed E-state index contributed by atoms with van der Waals surface area (Å²) < 4.78 is 15.9. The number of benzene rings is 2. The fourth-order valence-corrected chi connectivity index (χ4v) is 2.76. The molecule has 2 amide bonds. The second kappa shape index (κ2) is 9.21. The topological polar surface area (TPSA) is 85.9 Å². The molecule has 0 radical (unpaired) electrons. The fraction of sp³-hybridized carbons (Fsp3) is 0.222. The summed E-state index contributed by atoms with van der Waals surface area (Å²) in [4.78, 5) is 24.1. The minimum absolute atomic E-state index is 0.0466. The second-order valence-corrected chi connectivity index (χ2v) is 6.00. The Morgan fingerprint density at radius 2 is 1.54 bits per heavy atom. The van der Waals surface area contributed by atoms with Crippen molar-refractivity contribution in [1.82, 2.24) is 0 Å². The summed E-state index contributed by atoms with van der Waals surface area (Å²) in [5, 5.41) is 5.46. The van der Waals surface area contributed by atoms with Crippen molar-refractivity contribution >= 4 is 39.1 Å². The lowest BCUT2D eigenvalue weighted by Crippen LogP contribution is -2.17. The van der Waals surface area contributed by atoms with Gasteiger partial charge < -0.3 is 24.8 Å². The summed E-state index contributed by atoms with van der Waals surface area (Å²) in [6.45, 7) is -0.0466. The quantitative estimate of drug-likeness (QED) is 0.714. The van der Waals surface area contributed by atoms with Crippen LogP contribution in [0.5, 0.6) is 11.5 Å². The van der Waals surface area contributed by atoms with E-state index in [0.29, 0.717) is 32.9 Å². The van der Waals surface area contributed by atoms with E-state index in [1.165, 1.54) is 21.3 Å². The summed E-state index contributed by atoms with van der Waals surface area (Å²) in [7, 11) is 4.46. The van der Waals surface area contributed by atoms with E-state index in [1.54, 1.807) is 36.4 Å². The van der Waals surface area contributed by atoms with Crippen LogP contribution < -0.4 is 20.1 Å². The molecular formula is C18H19BrN2O5. The average Bonchev–Trinajstić information content (AvgIpc) is 2.62. The van der Waals surface area contributed by atoms with Crippen LogP contribution in [-0.2, 0) is 9.53 Å². The van der Waals surface area contributed by atoms with Crippen LogP contribution in [0.3, 0.4) is 0 Å². The first-order valence-corrected chi connectivity index (χ1v) is 8.39. The number of nitrogens with one attached hydrogen (secondary N) is 2. The maximum atomic E-state index is 12.6. The van der Waals surface area contributed by atoms with E-state index in [4.69, 9.17) is 14.2 Å². The van der Waals surface area contributed by atoms with E-state index in [2.05, 4.69) is 26.6 Å². The number of ether oxygens (including phenoxy) is 3. The lowest BCUT2D eigenvalue weighted by atomic mass is 10.1. The lowest BCUT2D eigenvalue weighted by Gasteiger charge is -2.12. The molecule has 2 rings (SSSR count). The van der Waals surface area contributed by atoms with Crippen molar-refractivity contribution in [1.29, 1.82) is 0 Å². The SMILES string of the molecule is COCC(=O)Nc1cccc(NC(=O)c2cc(OC)c(Br)c(OC)c2)c1. The molecule has 0 fully saturated rings. The van der Waals surface area contributed by atoms with Crippen molar-refractivity contribution in [2.24, 2.45) is 0 Å². The lowest BCUT2D eigenvalue weighted by molar-refractivity contribution is -0.119. The van der Waals surface area contributed by atoms with Crippen LogP contribution in [0.2, 0.25) is 0 Å². The van der Waals surface area contributed by atoms with Crippen LogP contribution in [0.4, 0.5) is 11.4 Å². The highest BCUT2D eigenvalue weighted by Gasteiger charge is 2.15. The van der Waals surface area contributed by atoms with Crippen molar-refractivity contribution in [2.75, 3.05) is 38.6 Å². The molecule has 0 spiro atoms. The standard InChI is InChI=1S/C18H19BrN2O5/c1-24-10-16(22)20-12-5-4-6-13(9-12)21-18(23)11-7-14(25-2)17(19)15(8-11)26-3/h4-9H,10H2,1-3H3,(H,20,22)(H,21,23). The van der Waals surface area contributed by atoms with Crippen LogP contribution in [0, 0.1) is 0 Å². The van der Waals surface area contributed by atoms with Gasteiger partial charge in [-0.25, -0.2) is 0 Å². The number of carbonyl (C=O) groups excluding carboxylic acids is 2. The predicted molar refractivity (Wildman–Crippen MR) is 102 cm³/mol. The Morgan fingerprint density at radius 1 is 0.962 bits per heavy atom. The Labute approximate surface area is 159 Å². The highest BCUT2D eigenvalue weighted by molar-refractivity contribution is 9.10. The smallest absolute Gasteiger partial charge is 0.255 e. The first kappa shape index (κ1) is 19.7. The summed E-state index contributed by atoms with van der Waals surface area (Å²) in [5.74, 6) is 0.345. The highest BCUT2D eigenvalue weighted by Crippen LogP contribution is 2.35. The van der Waals surface area contributed by atoms with Crippen LogP contribution in [0.1, 0.15) is 10.4 Å². The van der Waals surface area contributed by atoms with Gasteiger partial charge in [0.05, 0.1) is 14.2 Å². The first-order chi connectivity index (χ1) is 12.5. The molecule has 0 saturated heterocycles. The third-order valence-electron chi connectivity index (χ3n) is 3.39. The minimum Gasteiger partial charge on any atom is -0.495 e. The zero-order valence-corrected chi connectivity index (χ0v) is 16.2. The number of hydrogen-bond donors (Lipinski definition) is 2. The molecule has 0 aliphatic carbocycles. The molecule has 0 atom stereocenters. The van der Waals surface area contributed by atoms with Crippen molar-refractivity contribution in [3.8, 4) is 11.5 Å². The maximum Gasteiger partial charge on any atom is 0.255 e. The van der Waals surface area contributed by atoms with Crippen molar-refractivity contribution in [2.45, 2.75) is 0 Å². The number of methoxy groups -OCH3 is 3. The van der Waals surface area contributed by atoms with E-state index in [0.717, 1.165) is 0 Å². The third kappa shape index (κ3) is 4.96. The molecule has 2 N–H and O–H groups in total. The molecule has 0 heterocycles. The summed E-state index contributed by atoms with van der Waals surface area (Å²) in [5.41, 5.74) is 1.46. The van der Waals surface area contributed by atoms with Gasteiger partial charge in [0.25, 0.3) is 5.91 Å². The van der Waals surface area contributed by atoms with Crippen LogP contribution >= 0.6 is 15.9 Å². The van der Waals surface area contributed by atoms with E-state index >= 15 is 0 Å². The number of amides is 2. The molecule has 7 nitrogen and oxygen atoms in total. The molecule has 2 aromatic rings. The first-order valence-electron chi connectivity index (χ1n) is 7.60. The molecule has 26 heavy (non-hydrogen) atoms.